The van der Waals surface area contributed by atoms with Gasteiger partial charge in [0.25, 0.3) is 0 Å². The zero-order chi connectivity index (χ0) is 13.8. The molecule has 0 saturated heterocycles. The Morgan fingerprint density at radius 1 is 1.37 bits per heavy atom. The van der Waals surface area contributed by atoms with Crippen LogP contribution in [0, 0.1) is 0 Å². The van der Waals surface area contributed by atoms with Crippen molar-refractivity contribution >= 4 is 22.6 Å². The summed E-state index contributed by atoms with van der Waals surface area (Å²) in [7, 11) is 1.84. The van der Waals surface area contributed by atoms with Crippen LogP contribution in [-0.2, 0) is 0 Å². The van der Waals surface area contributed by atoms with E-state index < -0.39 is 5.97 Å². The van der Waals surface area contributed by atoms with Crippen LogP contribution >= 0.6 is 0 Å². The molecule has 5 nitrogen and oxygen atoms in total. The summed E-state index contributed by atoms with van der Waals surface area (Å²) >= 11 is 0. The van der Waals surface area contributed by atoms with Crippen molar-refractivity contribution < 1.29 is 15.0 Å². The fourth-order valence-corrected chi connectivity index (χ4v) is 1.99. The van der Waals surface area contributed by atoms with E-state index in [1.807, 2.05) is 36.2 Å². The molecule has 0 amide bonds. The van der Waals surface area contributed by atoms with Gasteiger partial charge < -0.3 is 15.1 Å². The number of aromatic carboxylic acids is 1. The number of pyridine rings is 1. The Kier molecular flexibility index (Phi) is 3.97. The Bertz CT molecular complexity index is 598. The predicted octanol–water partition coefficient (Wildman–Crippen LogP) is 1.75. The standard InChI is InChI=1S/C14H16N2O3/c1-16(7-4-8-17)13-11-6-3-2-5-10(11)9-12(15-13)14(18)19/h2-3,5-6,9,17H,4,7-8H2,1H3,(H,18,19). The molecule has 2 rings (SSSR count). The molecule has 1 aromatic heterocycles. The lowest BCUT2D eigenvalue weighted by atomic mass is 10.1. The summed E-state index contributed by atoms with van der Waals surface area (Å²) in [6.07, 6.45) is 0.615. The molecular weight excluding hydrogens is 244 g/mol. The molecule has 0 aliphatic heterocycles. The molecule has 19 heavy (non-hydrogen) atoms. The van der Waals surface area contributed by atoms with E-state index >= 15 is 0 Å². The first kappa shape index (κ1) is 13.3. The van der Waals surface area contributed by atoms with Crippen LogP contribution in [0.25, 0.3) is 10.8 Å². The highest BCUT2D eigenvalue weighted by Crippen LogP contribution is 2.25. The third kappa shape index (κ3) is 2.82. The number of anilines is 1. The predicted molar refractivity (Wildman–Crippen MR) is 73.7 cm³/mol. The maximum Gasteiger partial charge on any atom is 0.354 e. The van der Waals surface area contributed by atoms with Gasteiger partial charge in [0.2, 0.25) is 0 Å². The fourth-order valence-electron chi connectivity index (χ4n) is 1.99. The average molecular weight is 260 g/mol. The fraction of sp³-hybridized carbons (Fsp3) is 0.286. The van der Waals surface area contributed by atoms with Gasteiger partial charge in [-0.3, -0.25) is 0 Å². The van der Waals surface area contributed by atoms with Crippen LogP contribution in [0.15, 0.2) is 30.3 Å². The van der Waals surface area contributed by atoms with Gasteiger partial charge in [-0.25, -0.2) is 9.78 Å². The van der Waals surface area contributed by atoms with Gasteiger partial charge in [-0.2, -0.15) is 0 Å². The topological polar surface area (TPSA) is 73.7 Å². The van der Waals surface area contributed by atoms with Crippen molar-refractivity contribution in [3.63, 3.8) is 0 Å². The minimum atomic E-state index is -1.04. The van der Waals surface area contributed by atoms with Crippen molar-refractivity contribution in [1.82, 2.24) is 4.98 Å². The number of fused-ring (bicyclic) bond motifs is 1. The molecule has 0 aliphatic rings. The van der Waals surface area contributed by atoms with Crippen molar-refractivity contribution in [2.75, 3.05) is 25.1 Å². The summed E-state index contributed by atoms with van der Waals surface area (Å²) < 4.78 is 0. The third-order valence-electron chi connectivity index (χ3n) is 2.95. The van der Waals surface area contributed by atoms with Crippen LogP contribution in [0.4, 0.5) is 5.82 Å². The summed E-state index contributed by atoms with van der Waals surface area (Å²) in [5.74, 6) is -0.411. The number of benzene rings is 1. The highest BCUT2D eigenvalue weighted by atomic mass is 16.4. The molecule has 0 aliphatic carbocycles. The molecule has 0 spiro atoms. The van der Waals surface area contributed by atoms with E-state index in [9.17, 15) is 4.79 Å². The molecule has 2 aromatic rings. The van der Waals surface area contributed by atoms with E-state index in [1.54, 1.807) is 6.07 Å². The number of hydrogen-bond acceptors (Lipinski definition) is 4. The molecule has 0 atom stereocenters. The molecule has 0 radical (unpaired) electrons. The Morgan fingerprint density at radius 2 is 2.11 bits per heavy atom. The minimum Gasteiger partial charge on any atom is -0.477 e. The number of hydrogen-bond donors (Lipinski definition) is 2. The second kappa shape index (κ2) is 5.67. The lowest BCUT2D eigenvalue weighted by molar-refractivity contribution is 0.0691. The molecule has 2 N–H and O–H groups in total. The molecule has 0 fully saturated rings. The number of carbonyl (C=O) groups is 1. The highest BCUT2D eigenvalue weighted by Gasteiger charge is 2.13. The first-order valence-electron chi connectivity index (χ1n) is 6.08. The highest BCUT2D eigenvalue weighted by molar-refractivity contribution is 5.97. The quantitative estimate of drug-likeness (QED) is 0.856. The smallest absolute Gasteiger partial charge is 0.354 e. The summed E-state index contributed by atoms with van der Waals surface area (Å²) in [5.41, 5.74) is 0.0320. The summed E-state index contributed by atoms with van der Waals surface area (Å²) in [6, 6.07) is 9.12. The number of aliphatic hydroxyl groups is 1. The monoisotopic (exact) mass is 260 g/mol. The second-order valence-electron chi connectivity index (χ2n) is 4.36. The van der Waals surface area contributed by atoms with E-state index in [-0.39, 0.29) is 12.3 Å². The van der Waals surface area contributed by atoms with Gasteiger partial charge in [0.15, 0.2) is 5.69 Å². The number of nitrogens with zero attached hydrogens (tertiary/aromatic N) is 2. The molecule has 5 heteroatoms. The van der Waals surface area contributed by atoms with Crippen LogP contribution in [0.3, 0.4) is 0 Å². The van der Waals surface area contributed by atoms with Crippen LogP contribution in [-0.4, -0.2) is 41.4 Å². The average Bonchev–Trinajstić information content (AvgIpc) is 2.43. The normalized spacial score (nSPS) is 10.6. The number of carboxylic acid groups (broad SMARTS) is 1. The van der Waals surface area contributed by atoms with E-state index in [0.29, 0.717) is 18.8 Å². The zero-order valence-electron chi connectivity index (χ0n) is 10.7. The van der Waals surface area contributed by atoms with Gasteiger partial charge in [0.05, 0.1) is 0 Å². The van der Waals surface area contributed by atoms with Crippen LogP contribution in [0.2, 0.25) is 0 Å². The summed E-state index contributed by atoms with van der Waals surface area (Å²) in [6.45, 7) is 0.720. The van der Waals surface area contributed by atoms with Gasteiger partial charge in [0.1, 0.15) is 5.82 Å². The minimum absolute atomic E-state index is 0.0320. The third-order valence-corrected chi connectivity index (χ3v) is 2.95. The SMILES string of the molecule is CN(CCCO)c1nc(C(=O)O)cc2ccccc12. The second-order valence-corrected chi connectivity index (χ2v) is 4.36. The Labute approximate surface area is 111 Å². The van der Waals surface area contributed by atoms with Crippen molar-refractivity contribution in [3.05, 3.63) is 36.0 Å². The van der Waals surface area contributed by atoms with Crippen LogP contribution in [0.1, 0.15) is 16.9 Å². The lowest BCUT2D eigenvalue weighted by Crippen LogP contribution is -2.21. The number of aliphatic hydroxyl groups excluding tert-OH is 1. The first-order valence-corrected chi connectivity index (χ1v) is 6.08. The van der Waals surface area contributed by atoms with E-state index in [1.165, 1.54) is 0 Å². The van der Waals surface area contributed by atoms with E-state index in [2.05, 4.69) is 4.98 Å². The van der Waals surface area contributed by atoms with Gasteiger partial charge >= 0.3 is 5.97 Å². The van der Waals surface area contributed by atoms with Crippen molar-refractivity contribution in [3.8, 4) is 0 Å². The Morgan fingerprint density at radius 3 is 2.79 bits per heavy atom. The van der Waals surface area contributed by atoms with Crippen LogP contribution < -0.4 is 4.90 Å². The Hall–Kier alpha value is -2.14. The summed E-state index contributed by atoms with van der Waals surface area (Å²) in [5, 5.41) is 19.7. The number of carboxylic acids is 1. The van der Waals surface area contributed by atoms with Crippen molar-refractivity contribution in [2.45, 2.75) is 6.42 Å². The van der Waals surface area contributed by atoms with Crippen LogP contribution in [0.5, 0.6) is 0 Å². The maximum absolute atomic E-state index is 11.1. The first-order chi connectivity index (χ1) is 9.13. The zero-order valence-corrected chi connectivity index (χ0v) is 10.7. The summed E-state index contributed by atoms with van der Waals surface area (Å²) in [4.78, 5) is 17.2. The molecule has 100 valence electrons. The van der Waals surface area contributed by atoms with Gasteiger partial charge in [-0.15, -0.1) is 0 Å². The molecule has 1 heterocycles. The molecule has 0 saturated carbocycles. The van der Waals surface area contributed by atoms with Gasteiger partial charge in [-0.05, 0) is 17.9 Å². The lowest BCUT2D eigenvalue weighted by Gasteiger charge is -2.20. The molecule has 0 bridgehead atoms. The maximum atomic E-state index is 11.1. The van der Waals surface area contributed by atoms with Crippen molar-refractivity contribution in [1.29, 1.82) is 0 Å². The van der Waals surface area contributed by atoms with E-state index in [0.717, 1.165) is 10.8 Å². The van der Waals surface area contributed by atoms with Crippen molar-refractivity contribution in [2.24, 2.45) is 0 Å². The largest absolute Gasteiger partial charge is 0.477 e. The molecule has 1 aromatic carbocycles. The number of aromatic nitrogens is 1. The Balaban J connectivity index is 2.53. The van der Waals surface area contributed by atoms with Gasteiger partial charge in [0, 0.05) is 25.6 Å². The number of rotatable bonds is 5. The van der Waals surface area contributed by atoms with E-state index in [4.69, 9.17) is 10.2 Å². The van der Waals surface area contributed by atoms with Gasteiger partial charge in [-0.1, -0.05) is 24.3 Å². The molecular formula is C14H16N2O3. The molecule has 0 unspecified atom stereocenters.